The van der Waals surface area contributed by atoms with Gasteiger partial charge in [-0.15, -0.1) is 0 Å². The maximum absolute atomic E-state index is 12.6. The van der Waals surface area contributed by atoms with E-state index >= 15 is 0 Å². The van der Waals surface area contributed by atoms with E-state index in [4.69, 9.17) is 4.74 Å². The minimum Gasteiger partial charge on any atom is -0.495 e. The van der Waals surface area contributed by atoms with Gasteiger partial charge in [0.1, 0.15) is 16.8 Å². The molecule has 1 aliphatic rings. The zero-order valence-corrected chi connectivity index (χ0v) is 14.7. The Hall–Kier alpha value is -2.67. The van der Waals surface area contributed by atoms with Gasteiger partial charge in [-0.05, 0) is 36.6 Å². The summed E-state index contributed by atoms with van der Waals surface area (Å²) in [6, 6.07) is 11.7. The quantitative estimate of drug-likeness (QED) is 0.780. The zero-order chi connectivity index (χ0) is 17.2. The van der Waals surface area contributed by atoms with E-state index in [1.54, 1.807) is 7.11 Å². The van der Waals surface area contributed by atoms with Gasteiger partial charge in [0.15, 0.2) is 0 Å². The Balaban J connectivity index is 1.55. The van der Waals surface area contributed by atoms with Crippen LogP contribution in [0.1, 0.15) is 12.0 Å². The van der Waals surface area contributed by atoms with E-state index in [-0.39, 0.29) is 12.5 Å². The Morgan fingerprint density at radius 3 is 3.04 bits per heavy atom. The first-order valence-electron chi connectivity index (χ1n) is 8.18. The Kier molecular flexibility index (Phi) is 4.23. The maximum Gasteiger partial charge on any atom is 0.243 e. The number of fused-ring (bicyclic) bond motifs is 2. The van der Waals surface area contributed by atoms with Crippen LogP contribution in [0.25, 0.3) is 11.0 Å². The minimum atomic E-state index is -0.0701. The monoisotopic (exact) mass is 354 g/mol. The number of amides is 1. The zero-order valence-electron chi connectivity index (χ0n) is 13.9. The first kappa shape index (κ1) is 15.8. The highest BCUT2D eigenvalue weighted by atomic mass is 32.1. The molecule has 0 fully saturated rings. The number of aryl methyl sites for hydroxylation is 1. The number of ether oxygens (including phenoxy) is 1. The van der Waals surface area contributed by atoms with Gasteiger partial charge in [-0.2, -0.15) is 8.75 Å². The van der Waals surface area contributed by atoms with Crippen molar-refractivity contribution >= 4 is 40.0 Å². The lowest BCUT2D eigenvalue weighted by atomic mass is 10.0. The third-order valence-corrected chi connectivity index (χ3v) is 4.93. The molecule has 0 aliphatic carbocycles. The fraction of sp³-hybridized carbons (Fsp3) is 0.278. The Bertz CT molecular complexity index is 910. The average molecular weight is 354 g/mol. The summed E-state index contributed by atoms with van der Waals surface area (Å²) in [4.78, 5) is 14.7. The molecule has 1 aliphatic heterocycles. The topological polar surface area (TPSA) is 67.3 Å². The van der Waals surface area contributed by atoms with Gasteiger partial charge in [0.2, 0.25) is 5.91 Å². The summed E-state index contributed by atoms with van der Waals surface area (Å²) in [7, 11) is 1.67. The average Bonchev–Trinajstić information content (AvgIpc) is 3.11. The van der Waals surface area contributed by atoms with Crippen LogP contribution in [-0.2, 0) is 11.2 Å². The van der Waals surface area contributed by atoms with Gasteiger partial charge in [-0.3, -0.25) is 4.79 Å². The summed E-state index contributed by atoms with van der Waals surface area (Å²) in [6.07, 6.45) is 2.04. The number of benzene rings is 2. The van der Waals surface area contributed by atoms with Crippen molar-refractivity contribution in [2.24, 2.45) is 0 Å². The van der Waals surface area contributed by atoms with Crippen LogP contribution >= 0.6 is 11.7 Å². The predicted molar refractivity (Wildman–Crippen MR) is 99.6 cm³/mol. The van der Waals surface area contributed by atoms with Gasteiger partial charge in [-0.1, -0.05) is 18.2 Å². The molecule has 0 saturated heterocycles. The number of aromatic nitrogens is 2. The molecule has 0 radical (unpaired) electrons. The van der Waals surface area contributed by atoms with Crippen molar-refractivity contribution in [2.45, 2.75) is 12.8 Å². The summed E-state index contributed by atoms with van der Waals surface area (Å²) in [5.74, 6) is 0.745. The SMILES string of the molecule is COc1cccc2c1N(CC(=O)Nc1cccc3nsnc13)CCC2. The van der Waals surface area contributed by atoms with Crippen molar-refractivity contribution in [3.8, 4) is 5.75 Å². The smallest absolute Gasteiger partial charge is 0.243 e. The molecule has 1 amide bonds. The molecule has 6 nitrogen and oxygen atoms in total. The van der Waals surface area contributed by atoms with Gasteiger partial charge in [-0.25, -0.2) is 0 Å². The normalized spacial score (nSPS) is 13.6. The van der Waals surface area contributed by atoms with E-state index in [1.165, 1.54) is 5.56 Å². The van der Waals surface area contributed by atoms with Gasteiger partial charge < -0.3 is 15.0 Å². The number of methoxy groups -OCH3 is 1. The summed E-state index contributed by atoms with van der Waals surface area (Å²) in [5.41, 5.74) is 4.49. The Labute approximate surface area is 149 Å². The fourth-order valence-corrected chi connectivity index (χ4v) is 3.84. The van der Waals surface area contributed by atoms with Crippen molar-refractivity contribution < 1.29 is 9.53 Å². The second-order valence-electron chi connectivity index (χ2n) is 5.98. The van der Waals surface area contributed by atoms with E-state index in [2.05, 4.69) is 25.0 Å². The molecule has 3 aromatic rings. The van der Waals surface area contributed by atoms with E-state index in [1.807, 2.05) is 30.3 Å². The molecule has 4 rings (SSSR count). The highest BCUT2D eigenvalue weighted by Crippen LogP contribution is 2.36. The Morgan fingerprint density at radius 1 is 1.28 bits per heavy atom. The first-order chi connectivity index (χ1) is 12.3. The molecule has 7 heteroatoms. The van der Waals surface area contributed by atoms with Crippen LogP contribution in [0.4, 0.5) is 11.4 Å². The molecule has 0 atom stereocenters. The molecule has 0 saturated carbocycles. The third kappa shape index (κ3) is 3.02. The van der Waals surface area contributed by atoms with Gasteiger partial charge in [0.05, 0.1) is 36.8 Å². The predicted octanol–water partition coefficient (Wildman–Crippen LogP) is 3.09. The molecule has 1 N–H and O–H groups in total. The number of anilines is 2. The van der Waals surface area contributed by atoms with Crippen LogP contribution in [-0.4, -0.2) is 34.9 Å². The molecule has 0 spiro atoms. The van der Waals surface area contributed by atoms with Crippen molar-refractivity contribution in [3.05, 3.63) is 42.0 Å². The number of nitrogens with one attached hydrogen (secondary N) is 1. The van der Waals surface area contributed by atoms with Crippen molar-refractivity contribution in [3.63, 3.8) is 0 Å². The van der Waals surface area contributed by atoms with E-state index in [0.717, 1.165) is 53.6 Å². The number of hydrogen-bond acceptors (Lipinski definition) is 6. The number of carbonyl (C=O) groups is 1. The van der Waals surface area contributed by atoms with E-state index < -0.39 is 0 Å². The summed E-state index contributed by atoms with van der Waals surface area (Å²) >= 11 is 1.15. The first-order valence-corrected chi connectivity index (χ1v) is 8.91. The lowest BCUT2D eigenvalue weighted by molar-refractivity contribution is -0.115. The molecule has 0 bridgehead atoms. The number of carbonyl (C=O) groups excluding carboxylic acids is 1. The lowest BCUT2D eigenvalue weighted by Gasteiger charge is -2.32. The molecular weight excluding hydrogens is 336 g/mol. The highest BCUT2D eigenvalue weighted by Gasteiger charge is 2.23. The lowest BCUT2D eigenvalue weighted by Crippen LogP contribution is -2.37. The van der Waals surface area contributed by atoms with Crippen molar-refractivity contribution in [2.75, 3.05) is 30.4 Å². The van der Waals surface area contributed by atoms with Crippen LogP contribution in [0.15, 0.2) is 36.4 Å². The Morgan fingerprint density at radius 2 is 2.16 bits per heavy atom. The number of hydrogen-bond donors (Lipinski definition) is 1. The molecule has 128 valence electrons. The van der Waals surface area contributed by atoms with Gasteiger partial charge in [0, 0.05) is 6.54 Å². The summed E-state index contributed by atoms with van der Waals surface area (Å²) < 4.78 is 14.0. The highest BCUT2D eigenvalue weighted by molar-refractivity contribution is 7.00. The van der Waals surface area contributed by atoms with E-state index in [9.17, 15) is 4.79 Å². The fourth-order valence-electron chi connectivity index (χ4n) is 3.29. The van der Waals surface area contributed by atoms with Crippen LogP contribution in [0.5, 0.6) is 5.75 Å². The minimum absolute atomic E-state index is 0.0701. The van der Waals surface area contributed by atoms with Crippen LogP contribution in [0.3, 0.4) is 0 Å². The third-order valence-electron chi connectivity index (χ3n) is 4.39. The number of rotatable bonds is 4. The van der Waals surface area contributed by atoms with Crippen LogP contribution < -0.4 is 15.0 Å². The van der Waals surface area contributed by atoms with Gasteiger partial charge >= 0.3 is 0 Å². The van der Waals surface area contributed by atoms with Crippen LogP contribution in [0.2, 0.25) is 0 Å². The molecule has 2 heterocycles. The standard InChI is InChI=1S/C18H18N4O2S/c1-24-15-9-2-5-12-6-4-10-22(18(12)15)11-16(23)19-13-7-3-8-14-17(13)21-25-20-14/h2-3,5,7-9H,4,6,10-11H2,1H3,(H,19,23). The molecule has 0 unspecified atom stereocenters. The molecule has 25 heavy (non-hydrogen) atoms. The second-order valence-corrected chi connectivity index (χ2v) is 6.51. The largest absolute Gasteiger partial charge is 0.495 e. The van der Waals surface area contributed by atoms with Crippen molar-refractivity contribution in [1.82, 2.24) is 8.75 Å². The molecular formula is C18H18N4O2S. The summed E-state index contributed by atoms with van der Waals surface area (Å²) in [5, 5.41) is 2.97. The maximum atomic E-state index is 12.6. The number of nitrogens with zero attached hydrogens (tertiary/aromatic N) is 3. The number of para-hydroxylation sites is 1. The van der Waals surface area contributed by atoms with Gasteiger partial charge in [0.25, 0.3) is 0 Å². The van der Waals surface area contributed by atoms with Crippen molar-refractivity contribution in [1.29, 1.82) is 0 Å². The second kappa shape index (κ2) is 6.68. The van der Waals surface area contributed by atoms with Crippen LogP contribution in [0, 0.1) is 0 Å². The summed E-state index contributed by atoms with van der Waals surface area (Å²) in [6.45, 7) is 1.12. The van der Waals surface area contributed by atoms with E-state index in [0.29, 0.717) is 5.69 Å². The molecule has 2 aromatic carbocycles. The molecule has 1 aromatic heterocycles.